The molecule has 0 unspecified atom stereocenters. The molecule has 0 amide bonds. The average Bonchev–Trinajstić information content (AvgIpc) is 2.21. The SMILES string of the molecule is COC(=O)CC#Cc1ncc(F)cc1N. The Bertz CT molecular complexity index is 435. The molecule has 2 N–H and O–H groups in total. The number of pyridine rings is 1. The van der Waals surface area contributed by atoms with Crippen molar-refractivity contribution in [3.8, 4) is 11.8 Å². The van der Waals surface area contributed by atoms with Crippen molar-refractivity contribution in [2.24, 2.45) is 0 Å². The van der Waals surface area contributed by atoms with Crippen molar-refractivity contribution in [2.45, 2.75) is 6.42 Å². The number of nitrogens with zero attached hydrogens (tertiary/aromatic N) is 1. The van der Waals surface area contributed by atoms with Crippen LogP contribution in [0.3, 0.4) is 0 Å². The molecular formula is C10H9FN2O2. The van der Waals surface area contributed by atoms with E-state index in [1.54, 1.807) is 0 Å². The molecule has 0 aliphatic heterocycles. The Hall–Kier alpha value is -2.09. The minimum absolute atomic E-state index is 0.0466. The lowest BCUT2D eigenvalue weighted by molar-refractivity contribution is -0.139. The zero-order valence-electron chi connectivity index (χ0n) is 8.08. The predicted molar refractivity (Wildman–Crippen MR) is 52.1 cm³/mol. The number of hydrogen-bond donors (Lipinski definition) is 1. The summed E-state index contributed by atoms with van der Waals surface area (Å²) in [5, 5.41) is 0. The van der Waals surface area contributed by atoms with E-state index >= 15 is 0 Å². The number of anilines is 1. The van der Waals surface area contributed by atoms with Crippen LogP contribution in [0.4, 0.5) is 10.1 Å². The molecule has 0 radical (unpaired) electrons. The van der Waals surface area contributed by atoms with E-state index in [1.165, 1.54) is 7.11 Å². The van der Waals surface area contributed by atoms with Crippen molar-refractivity contribution >= 4 is 11.7 Å². The maximum Gasteiger partial charge on any atom is 0.317 e. The van der Waals surface area contributed by atoms with Gasteiger partial charge in [0, 0.05) is 6.07 Å². The summed E-state index contributed by atoms with van der Waals surface area (Å²) in [5.74, 6) is 4.11. The van der Waals surface area contributed by atoms with Crippen LogP contribution in [0.25, 0.3) is 0 Å². The topological polar surface area (TPSA) is 65.2 Å². The van der Waals surface area contributed by atoms with E-state index in [4.69, 9.17) is 5.73 Å². The predicted octanol–water partition coefficient (Wildman–Crippen LogP) is 0.718. The second-order valence-electron chi connectivity index (χ2n) is 2.65. The monoisotopic (exact) mass is 208 g/mol. The number of aromatic nitrogens is 1. The van der Waals surface area contributed by atoms with E-state index in [0.29, 0.717) is 0 Å². The van der Waals surface area contributed by atoms with Gasteiger partial charge in [-0.3, -0.25) is 4.79 Å². The van der Waals surface area contributed by atoms with E-state index in [2.05, 4.69) is 21.6 Å². The second-order valence-corrected chi connectivity index (χ2v) is 2.65. The van der Waals surface area contributed by atoms with Crippen LogP contribution >= 0.6 is 0 Å². The summed E-state index contributed by atoms with van der Waals surface area (Å²) < 4.78 is 17.0. The normalized spacial score (nSPS) is 8.93. The smallest absolute Gasteiger partial charge is 0.317 e. The van der Waals surface area contributed by atoms with E-state index in [-0.39, 0.29) is 17.8 Å². The fourth-order valence-electron chi connectivity index (χ4n) is 0.832. The first-order valence-electron chi connectivity index (χ1n) is 4.10. The van der Waals surface area contributed by atoms with Crippen LogP contribution in [-0.4, -0.2) is 18.1 Å². The van der Waals surface area contributed by atoms with Gasteiger partial charge in [0.15, 0.2) is 0 Å². The third kappa shape index (κ3) is 3.27. The van der Waals surface area contributed by atoms with Gasteiger partial charge < -0.3 is 10.5 Å². The molecule has 1 heterocycles. The Labute approximate surface area is 86.3 Å². The highest BCUT2D eigenvalue weighted by atomic mass is 19.1. The van der Waals surface area contributed by atoms with Crippen molar-refractivity contribution in [2.75, 3.05) is 12.8 Å². The number of carbonyl (C=O) groups is 1. The van der Waals surface area contributed by atoms with Gasteiger partial charge in [0.2, 0.25) is 0 Å². The van der Waals surface area contributed by atoms with Crippen LogP contribution < -0.4 is 5.73 Å². The summed E-state index contributed by atoms with van der Waals surface area (Å²) in [5.41, 5.74) is 5.85. The molecule has 0 saturated carbocycles. The van der Waals surface area contributed by atoms with Crippen LogP contribution in [-0.2, 0) is 9.53 Å². The summed E-state index contributed by atoms with van der Waals surface area (Å²) in [6.07, 6.45) is 0.966. The number of nitrogens with two attached hydrogens (primary N) is 1. The summed E-state index contributed by atoms with van der Waals surface area (Å²) in [4.78, 5) is 14.4. The summed E-state index contributed by atoms with van der Waals surface area (Å²) in [7, 11) is 1.27. The maximum atomic E-state index is 12.6. The Morgan fingerprint density at radius 3 is 3.07 bits per heavy atom. The lowest BCUT2D eigenvalue weighted by Gasteiger charge is -1.95. The lowest BCUT2D eigenvalue weighted by atomic mass is 10.3. The first kappa shape index (κ1) is 11.0. The van der Waals surface area contributed by atoms with Crippen LogP contribution in [0.2, 0.25) is 0 Å². The van der Waals surface area contributed by atoms with E-state index in [9.17, 15) is 9.18 Å². The molecule has 0 aliphatic rings. The highest BCUT2D eigenvalue weighted by Crippen LogP contribution is 2.08. The second kappa shape index (κ2) is 4.96. The highest BCUT2D eigenvalue weighted by Gasteiger charge is 1.99. The molecule has 4 nitrogen and oxygen atoms in total. The largest absolute Gasteiger partial charge is 0.468 e. The number of methoxy groups -OCH3 is 1. The first-order chi connectivity index (χ1) is 7.13. The molecule has 5 heteroatoms. The molecular weight excluding hydrogens is 199 g/mol. The summed E-state index contributed by atoms with van der Waals surface area (Å²) in [6.45, 7) is 0. The molecule has 78 valence electrons. The quantitative estimate of drug-likeness (QED) is 0.545. The van der Waals surface area contributed by atoms with Crippen LogP contribution in [0.1, 0.15) is 12.1 Å². The van der Waals surface area contributed by atoms with Gasteiger partial charge in [-0.15, -0.1) is 0 Å². The maximum absolute atomic E-state index is 12.6. The van der Waals surface area contributed by atoms with Gasteiger partial charge in [-0.25, -0.2) is 9.37 Å². The van der Waals surface area contributed by atoms with Crippen LogP contribution in [0, 0.1) is 17.7 Å². The minimum atomic E-state index is -0.522. The molecule has 1 aromatic rings. The lowest BCUT2D eigenvalue weighted by Crippen LogP contribution is -1.98. The molecule has 0 aliphatic carbocycles. The average molecular weight is 208 g/mol. The summed E-state index contributed by atoms with van der Waals surface area (Å²) >= 11 is 0. The molecule has 1 aromatic heterocycles. The molecule has 0 saturated heterocycles. The van der Waals surface area contributed by atoms with E-state index < -0.39 is 11.8 Å². The van der Waals surface area contributed by atoms with Gasteiger partial charge in [0.05, 0.1) is 19.0 Å². The Kier molecular flexibility index (Phi) is 3.63. The van der Waals surface area contributed by atoms with Crippen LogP contribution in [0.15, 0.2) is 12.3 Å². The zero-order chi connectivity index (χ0) is 11.3. The van der Waals surface area contributed by atoms with Crippen molar-refractivity contribution in [3.63, 3.8) is 0 Å². The number of esters is 1. The number of halogens is 1. The Balaban J connectivity index is 2.76. The molecule has 0 fully saturated rings. The number of nitrogen functional groups attached to an aromatic ring is 1. The van der Waals surface area contributed by atoms with Crippen molar-refractivity contribution in [3.05, 3.63) is 23.8 Å². The first-order valence-corrected chi connectivity index (χ1v) is 4.10. The number of carbonyl (C=O) groups excluding carboxylic acids is 1. The van der Waals surface area contributed by atoms with Gasteiger partial charge in [-0.1, -0.05) is 5.92 Å². The van der Waals surface area contributed by atoms with Gasteiger partial charge in [-0.05, 0) is 5.92 Å². The molecule has 1 rings (SSSR count). The van der Waals surface area contributed by atoms with Crippen molar-refractivity contribution < 1.29 is 13.9 Å². The molecule has 15 heavy (non-hydrogen) atoms. The fraction of sp³-hybridized carbons (Fsp3) is 0.200. The molecule has 0 aromatic carbocycles. The van der Waals surface area contributed by atoms with Crippen LogP contribution in [0.5, 0.6) is 0 Å². The highest BCUT2D eigenvalue weighted by molar-refractivity contribution is 5.72. The molecule has 0 bridgehead atoms. The number of ether oxygens (including phenoxy) is 1. The minimum Gasteiger partial charge on any atom is -0.468 e. The number of rotatable bonds is 1. The van der Waals surface area contributed by atoms with Crippen molar-refractivity contribution in [1.82, 2.24) is 4.98 Å². The summed E-state index contributed by atoms with van der Waals surface area (Å²) in [6, 6.07) is 1.12. The standard InChI is InChI=1S/C10H9FN2O2/c1-15-10(14)4-2-3-9-8(12)5-7(11)6-13-9/h5-6H,4,12H2,1H3. The fourth-order valence-corrected chi connectivity index (χ4v) is 0.832. The van der Waals surface area contributed by atoms with Gasteiger partial charge in [0.25, 0.3) is 0 Å². The van der Waals surface area contributed by atoms with Gasteiger partial charge >= 0.3 is 5.97 Å². The molecule has 0 spiro atoms. The van der Waals surface area contributed by atoms with Crippen molar-refractivity contribution in [1.29, 1.82) is 0 Å². The number of hydrogen-bond acceptors (Lipinski definition) is 4. The van der Waals surface area contributed by atoms with Gasteiger partial charge in [0.1, 0.15) is 17.9 Å². The van der Waals surface area contributed by atoms with Gasteiger partial charge in [-0.2, -0.15) is 0 Å². The Morgan fingerprint density at radius 2 is 2.47 bits per heavy atom. The Morgan fingerprint density at radius 1 is 1.73 bits per heavy atom. The third-order valence-corrected chi connectivity index (χ3v) is 1.55. The third-order valence-electron chi connectivity index (χ3n) is 1.55. The van der Waals surface area contributed by atoms with E-state index in [0.717, 1.165) is 12.3 Å². The molecule has 0 atom stereocenters. The zero-order valence-corrected chi connectivity index (χ0v) is 8.08. The van der Waals surface area contributed by atoms with E-state index in [1.807, 2.05) is 0 Å².